The normalized spacial score (nSPS) is 24.1. The minimum atomic E-state index is -1.89. The van der Waals surface area contributed by atoms with Gasteiger partial charge in [0.25, 0.3) is 5.91 Å². The van der Waals surface area contributed by atoms with Crippen LogP contribution in [0.3, 0.4) is 0 Å². The maximum Gasteiger partial charge on any atom is 0.417 e. The zero-order valence-electron chi connectivity index (χ0n) is 17.1. The molecule has 1 heterocycles. The van der Waals surface area contributed by atoms with Crippen molar-refractivity contribution in [3.8, 4) is 0 Å². The second kappa shape index (κ2) is 6.89. The molecule has 8 heteroatoms. The van der Waals surface area contributed by atoms with Crippen LogP contribution in [0.5, 0.6) is 0 Å². The third-order valence-corrected chi connectivity index (χ3v) is 3.66. The van der Waals surface area contributed by atoms with Crippen molar-refractivity contribution in [2.75, 3.05) is 0 Å². The number of hydrogen-bond acceptors (Lipinski definition) is 6. The molecule has 0 aromatic carbocycles. The second-order valence-electron chi connectivity index (χ2n) is 8.96. The highest BCUT2D eigenvalue weighted by molar-refractivity contribution is 6.23. The molecular weight excluding hydrogens is 340 g/mol. The lowest BCUT2D eigenvalue weighted by molar-refractivity contribution is -0.134. The number of carbonyl (C=O) groups excluding carboxylic acids is 4. The fraction of sp³-hybridized carbons (Fsp3) is 0.778. The largest absolute Gasteiger partial charge is 0.444 e. The molecule has 148 valence electrons. The third-order valence-electron chi connectivity index (χ3n) is 3.66. The first-order chi connectivity index (χ1) is 11.5. The van der Waals surface area contributed by atoms with E-state index in [2.05, 4.69) is 5.32 Å². The zero-order chi connectivity index (χ0) is 20.7. The van der Waals surface area contributed by atoms with Gasteiger partial charge < -0.3 is 14.8 Å². The first-order valence-electron chi connectivity index (χ1n) is 8.62. The van der Waals surface area contributed by atoms with Gasteiger partial charge in [-0.3, -0.25) is 9.59 Å². The maximum atomic E-state index is 12.9. The fourth-order valence-electron chi connectivity index (χ4n) is 2.62. The van der Waals surface area contributed by atoms with E-state index >= 15 is 0 Å². The summed E-state index contributed by atoms with van der Waals surface area (Å²) in [5.74, 6) is -1.75. The number of alkyl carbamates (subject to hydrolysis) is 1. The number of likely N-dealkylation sites (tertiary alicyclic amines) is 1. The number of ether oxygens (including phenoxy) is 2. The first kappa shape index (κ1) is 21.9. The van der Waals surface area contributed by atoms with Crippen molar-refractivity contribution in [1.29, 1.82) is 0 Å². The quantitative estimate of drug-likeness (QED) is 0.750. The second-order valence-corrected chi connectivity index (χ2v) is 8.96. The van der Waals surface area contributed by atoms with E-state index in [-0.39, 0.29) is 5.92 Å². The molecule has 0 aromatic heterocycles. The summed E-state index contributed by atoms with van der Waals surface area (Å²) in [7, 11) is 0. The Morgan fingerprint density at radius 1 is 1.04 bits per heavy atom. The van der Waals surface area contributed by atoms with Crippen LogP contribution < -0.4 is 5.32 Å². The summed E-state index contributed by atoms with van der Waals surface area (Å²) in [6.45, 7) is 14.7. The number of amides is 3. The van der Waals surface area contributed by atoms with E-state index in [1.54, 1.807) is 55.4 Å². The predicted molar refractivity (Wildman–Crippen MR) is 94.5 cm³/mol. The lowest BCUT2D eigenvalue weighted by Crippen LogP contribution is -2.57. The Labute approximate surface area is 154 Å². The first-order valence-corrected chi connectivity index (χ1v) is 8.62. The van der Waals surface area contributed by atoms with Gasteiger partial charge >= 0.3 is 12.2 Å². The van der Waals surface area contributed by atoms with Crippen LogP contribution in [-0.4, -0.2) is 51.6 Å². The van der Waals surface area contributed by atoms with Crippen LogP contribution in [0.25, 0.3) is 0 Å². The maximum absolute atomic E-state index is 12.9. The van der Waals surface area contributed by atoms with E-state index < -0.39 is 46.7 Å². The summed E-state index contributed by atoms with van der Waals surface area (Å²) >= 11 is 0. The molecule has 0 unspecified atom stereocenters. The molecule has 0 spiro atoms. The van der Waals surface area contributed by atoms with E-state index in [1.165, 1.54) is 6.92 Å². The Bertz CT molecular complexity index is 614. The van der Waals surface area contributed by atoms with Crippen molar-refractivity contribution in [3.63, 3.8) is 0 Å². The van der Waals surface area contributed by atoms with Crippen LogP contribution in [-0.2, 0) is 19.1 Å². The highest BCUT2D eigenvalue weighted by Crippen LogP contribution is 2.31. The lowest BCUT2D eigenvalue weighted by atomic mass is 9.91. The van der Waals surface area contributed by atoms with Crippen molar-refractivity contribution in [3.05, 3.63) is 0 Å². The number of rotatable bonds is 2. The summed E-state index contributed by atoms with van der Waals surface area (Å²) in [4.78, 5) is 51.3. The van der Waals surface area contributed by atoms with Crippen molar-refractivity contribution in [2.24, 2.45) is 5.92 Å². The van der Waals surface area contributed by atoms with Crippen molar-refractivity contribution in [1.82, 2.24) is 10.2 Å². The summed E-state index contributed by atoms with van der Waals surface area (Å²) in [5, 5.41) is 2.33. The summed E-state index contributed by atoms with van der Waals surface area (Å²) in [6.07, 6.45) is -1.82. The van der Waals surface area contributed by atoms with Gasteiger partial charge in [0, 0.05) is 0 Å². The van der Waals surface area contributed by atoms with Crippen LogP contribution in [0.1, 0.15) is 62.3 Å². The van der Waals surface area contributed by atoms with Gasteiger partial charge in [-0.25, -0.2) is 14.5 Å². The Morgan fingerprint density at radius 3 is 1.88 bits per heavy atom. The molecule has 1 fully saturated rings. The molecule has 1 aliphatic rings. The molecule has 3 amide bonds. The molecule has 2 atom stereocenters. The smallest absolute Gasteiger partial charge is 0.417 e. The number of hydrogen-bond donors (Lipinski definition) is 1. The molecule has 8 nitrogen and oxygen atoms in total. The van der Waals surface area contributed by atoms with Crippen LogP contribution in [0.2, 0.25) is 0 Å². The topological polar surface area (TPSA) is 102 Å². The van der Waals surface area contributed by atoms with Crippen LogP contribution in [0.15, 0.2) is 0 Å². The highest BCUT2D eigenvalue weighted by Gasteiger charge is 2.61. The molecule has 1 saturated heterocycles. The van der Waals surface area contributed by atoms with E-state index in [1.807, 2.05) is 0 Å². The number of nitrogens with zero attached hydrogens (tertiary/aromatic N) is 1. The summed E-state index contributed by atoms with van der Waals surface area (Å²) in [6, 6.07) is -1.03. The molecule has 1 N–H and O–H groups in total. The van der Waals surface area contributed by atoms with Gasteiger partial charge in [0.1, 0.15) is 17.2 Å². The molecule has 1 aliphatic heterocycles. The van der Waals surface area contributed by atoms with Crippen molar-refractivity contribution in [2.45, 2.75) is 85.1 Å². The number of carbonyl (C=O) groups is 4. The molecule has 0 aliphatic carbocycles. The molecule has 0 saturated carbocycles. The van der Waals surface area contributed by atoms with Crippen molar-refractivity contribution < 1.29 is 28.7 Å². The number of nitrogens with one attached hydrogen (secondary N) is 1. The van der Waals surface area contributed by atoms with Gasteiger partial charge in [-0.2, -0.15) is 0 Å². The molecule has 0 bridgehead atoms. The van der Waals surface area contributed by atoms with E-state index in [0.717, 1.165) is 4.90 Å². The average molecular weight is 370 g/mol. The number of imide groups is 1. The highest BCUT2D eigenvalue weighted by atomic mass is 16.6. The standard InChI is InChI=1S/C18H30N2O6/c1-10(2)11-12(21)18(9,19-14(23)25-16(3,4)5)13(22)20(11)15(24)26-17(6,7)8/h10-11H,1-9H3,(H,19,23)/t11-,18-/m1/s1. The van der Waals surface area contributed by atoms with E-state index in [4.69, 9.17) is 9.47 Å². The molecule has 0 radical (unpaired) electrons. The molecular formula is C18H30N2O6. The van der Waals surface area contributed by atoms with Crippen LogP contribution >= 0.6 is 0 Å². The predicted octanol–water partition coefficient (Wildman–Crippen LogP) is 2.64. The van der Waals surface area contributed by atoms with E-state index in [9.17, 15) is 19.2 Å². The van der Waals surface area contributed by atoms with Gasteiger partial charge in [0.15, 0.2) is 11.3 Å². The van der Waals surface area contributed by atoms with Gasteiger partial charge in [-0.1, -0.05) is 13.8 Å². The summed E-state index contributed by atoms with van der Waals surface area (Å²) < 4.78 is 10.4. The van der Waals surface area contributed by atoms with Gasteiger partial charge in [0.2, 0.25) is 0 Å². The fourth-order valence-corrected chi connectivity index (χ4v) is 2.62. The monoisotopic (exact) mass is 370 g/mol. The minimum Gasteiger partial charge on any atom is -0.444 e. The Balaban J connectivity index is 3.20. The molecule has 1 rings (SSSR count). The minimum absolute atomic E-state index is 0.346. The Morgan fingerprint density at radius 2 is 1.50 bits per heavy atom. The average Bonchev–Trinajstić information content (AvgIpc) is 2.55. The van der Waals surface area contributed by atoms with Crippen molar-refractivity contribution >= 4 is 23.9 Å². The van der Waals surface area contributed by atoms with Crippen LogP contribution in [0.4, 0.5) is 9.59 Å². The SMILES string of the molecule is CC(C)[C@@H]1C(=O)[C@@](C)(NC(=O)OC(C)(C)C)C(=O)N1C(=O)OC(C)(C)C. The third kappa shape index (κ3) is 4.74. The van der Waals surface area contributed by atoms with E-state index in [0.29, 0.717) is 0 Å². The Hall–Kier alpha value is -2.12. The van der Waals surface area contributed by atoms with Gasteiger partial charge in [-0.05, 0) is 54.4 Å². The van der Waals surface area contributed by atoms with Crippen LogP contribution in [0, 0.1) is 5.92 Å². The Kier molecular flexibility index (Phi) is 5.81. The lowest BCUT2D eigenvalue weighted by Gasteiger charge is -2.28. The summed E-state index contributed by atoms with van der Waals surface area (Å²) in [5.41, 5.74) is -3.53. The van der Waals surface area contributed by atoms with Gasteiger partial charge in [-0.15, -0.1) is 0 Å². The number of ketones is 1. The van der Waals surface area contributed by atoms with Gasteiger partial charge in [0.05, 0.1) is 0 Å². The number of Topliss-reactive ketones (excluding diaryl/α,β-unsaturated/α-hetero) is 1. The molecule has 0 aromatic rings. The zero-order valence-corrected chi connectivity index (χ0v) is 17.1. The molecule has 26 heavy (non-hydrogen) atoms.